The van der Waals surface area contributed by atoms with E-state index in [-0.39, 0.29) is 23.6 Å². The Balaban J connectivity index is 1.28. The van der Waals surface area contributed by atoms with Crippen LogP contribution in [-0.2, 0) is 29.1 Å². The van der Waals surface area contributed by atoms with Gasteiger partial charge in [0.15, 0.2) is 0 Å². The molecule has 2 aromatic carbocycles. The van der Waals surface area contributed by atoms with Gasteiger partial charge in [0.2, 0.25) is 11.8 Å². The second-order valence-corrected chi connectivity index (χ2v) is 11.6. The first-order chi connectivity index (χ1) is 18.8. The molecule has 7 nitrogen and oxygen atoms in total. The normalized spacial score (nSPS) is 17.6. The van der Waals surface area contributed by atoms with Crippen molar-refractivity contribution >= 4 is 29.1 Å². The number of thiazole rings is 1. The summed E-state index contributed by atoms with van der Waals surface area (Å²) in [6.45, 7) is 9.43. The Labute approximate surface area is 234 Å². The second-order valence-electron chi connectivity index (χ2n) is 10.8. The zero-order chi connectivity index (χ0) is 27.7. The Hall–Kier alpha value is -3.52. The molecule has 3 heterocycles. The average molecular weight is 545 g/mol. The van der Waals surface area contributed by atoms with Crippen molar-refractivity contribution in [3.8, 4) is 10.4 Å². The highest BCUT2D eigenvalue weighted by molar-refractivity contribution is 7.13. The predicted octanol–water partition coefficient (Wildman–Crippen LogP) is 4.97. The number of hydrogen-bond acceptors (Lipinski definition) is 5. The van der Waals surface area contributed by atoms with Crippen molar-refractivity contribution in [3.63, 3.8) is 0 Å². The van der Waals surface area contributed by atoms with Gasteiger partial charge < -0.3 is 15.1 Å². The summed E-state index contributed by atoms with van der Waals surface area (Å²) in [5, 5.41) is 3.10. The molecule has 39 heavy (non-hydrogen) atoms. The first-order valence-electron chi connectivity index (χ1n) is 13.8. The lowest BCUT2D eigenvalue weighted by Gasteiger charge is -2.35. The van der Waals surface area contributed by atoms with E-state index in [2.05, 4.69) is 35.4 Å². The third kappa shape index (κ3) is 5.22. The zero-order valence-corrected chi connectivity index (χ0v) is 23.9. The van der Waals surface area contributed by atoms with E-state index in [1.165, 1.54) is 10.4 Å². The minimum atomic E-state index is -0.604. The third-order valence-electron chi connectivity index (χ3n) is 7.96. The standard InChI is InChI=1S/C31H36N4O3S/c1-5-21-15-22(28-20(4)33-18-39-28)12-13-23(21)16-32-29(36)26-11-8-14-34(26)31(38)27(19(2)3)35-17-24-9-6-7-10-25(24)30(35)37/h6-7,9-10,12-13,15,18-19,26-27H,5,8,11,14,16-17H2,1-4H3,(H,32,36)/t26?,27-/m0/s1. The fraction of sp³-hybridized carbons (Fsp3) is 0.419. The van der Waals surface area contributed by atoms with Crippen LogP contribution in [0.25, 0.3) is 10.4 Å². The molecule has 0 bridgehead atoms. The van der Waals surface area contributed by atoms with Gasteiger partial charge in [0.1, 0.15) is 12.1 Å². The molecule has 1 saturated heterocycles. The second kappa shape index (κ2) is 11.3. The van der Waals surface area contributed by atoms with Crippen LogP contribution in [0.5, 0.6) is 0 Å². The molecule has 0 saturated carbocycles. The van der Waals surface area contributed by atoms with Gasteiger partial charge in [-0.1, -0.05) is 51.1 Å². The van der Waals surface area contributed by atoms with Crippen molar-refractivity contribution in [2.45, 2.75) is 72.1 Å². The zero-order valence-electron chi connectivity index (χ0n) is 23.1. The molecule has 1 fully saturated rings. The van der Waals surface area contributed by atoms with E-state index < -0.39 is 12.1 Å². The fourth-order valence-corrected chi connectivity index (χ4v) is 6.70. The molecule has 1 N–H and O–H groups in total. The summed E-state index contributed by atoms with van der Waals surface area (Å²) >= 11 is 1.63. The Morgan fingerprint density at radius 2 is 1.95 bits per heavy atom. The topological polar surface area (TPSA) is 82.6 Å². The summed E-state index contributed by atoms with van der Waals surface area (Å²) in [4.78, 5) is 49.4. The van der Waals surface area contributed by atoms with Crippen LogP contribution in [0.2, 0.25) is 0 Å². The molecular weight excluding hydrogens is 508 g/mol. The summed E-state index contributed by atoms with van der Waals surface area (Å²) < 4.78 is 0. The van der Waals surface area contributed by atoms with E-state index in [9.17, 15) is 14.4 Å². The van der Waals surface area contributed by atoms with E-state index in [0.717, 1.165) is 35.2 Å². The van der Waals surface area contributed by atoms with Gasteiger partial charge >= 0.3 is 0 Å². The van der Waals surface area contributed by atoms with Crippen molar-refractivity contribution in [3.05, 3.63) is 75.9 Å². The van der Waals surface area contributed by atoms with Crippen molar-refractivity contribution < 1.29 is 14.4 Å². The summed E-state index contributed by atoms with van der Waals surface area (Å²) in [5.74, 6) is -0.457. The lowest BCUT2D eigenvalue weighted by atomic mass is 10.00. The molecule has 2 aliphatic rings. The van der Waals surface area contributed by atoms with Crippen molar-refractivity contribution in [1.82, 2.24) is 20.1 Å². The number of benzene rings is 2. The van der Waals surface area contributed by atoms with Crippen LogP contribution < -0.4 is 5.32 Å². The smallest absolute Gasteiger partial charge is 0.255 e. The maximum Gasteiger partial charge on any atom is 0.255 e. The van der Waals surface area contributed by atoms with Crippen LogP contribution in [0.4, 0.5) is 0 Å². The molecule has 2 aliphatic heterocycles. The molecule has 1 unspecified atom stereocenters. The molecular formula is C31H36N4O3S. The number of fused-ring (bicyclic) bond motifs is 1. The van der Waals surface area contributed by atoms with Crippen LogP contribution in [-0.4, -0.2) is 51.1 Å². The SMILES string of the molecule is CCc1cc(-c2scnc2C)ccc1CNC(=O)C1CCCN1C(=O)[C@H](C(C)C)N1Cc2ccccc2C1=O. The van der Waals surface area contributed by atoms with E-state index in [4.69, 9.17) is 0 Å². The molecule has 8 heteroatoms. The number of aromatic nitrogens is 1. The van der Waals surface area contributed by atoms with Crippen LogP contribution >= 0.6 is 11.3 Å². The number of amides is 3. The minimum absolute atomic E-state index is 0.0760. The molecule has 0 aliphatic carbocycles. The number of nitrogens with zero attached hydrogens (tertiary/aromatic N) is 3. The minimum Gasteiger partial charge on any atom is -0.350 e. The van der Waals surface area contributed by atoms with Gasteiger partial charge in [-0.25, -0.2) is 4.98 Å². The number of carbonyl (C=O) groups excluding carboxylic acids is 3. The molecule has 0 radical (unpaired) electrons. The van der Waals surface area contributed by atoms with Crippen LogP contribution in [0.3, 0.4) is 0 Å². The average Bonchev–Trinajstić information content (AvgIpc) is 3.67. The Bertz CT molecular complexity index is 1400. The van der Waals surface area contributed by atoms with Gasteiger partial charge in [0.25, 0.3) is 5.91 Å². The molecule has 1 aromatic heterocycles. The van der Waals surface area contributed by atoms with Crippen LogP contribution in [0, 0.1) is 12.8 Å². The first-order valence-corrected chi connectivity index (χ1v) is 14.7. The van der Waals surface area contributed by atoms with Gasteiger partial charge in [0, 0.05) is 25.2 Å². The maximum absolute atomic E-state index is 13.9. The van der Waals surface area contributed by atoms with Crippen LogP contribution in [0.15, 0.2) is 48.0 Å². The van der Waals surface area contributed by atoms with E-state index in [1.807, 2.05) is 50.5 Å². The van der Waals surface area contributed by atoms with Gasteiger partial charge in [-0.3, -0.25) is 14.4 Å². The monoisotopic (exact) mass is 544 g/mol. The van der Waals surface area contributed by atoms with Gasteiger partial charge in [-0.2, -0.15) is 0 Å². The first kappa shape index (κ1) is 27.1. The lowest BCUT2D eigenvalue weighted by Crippen LogP contribution is -2.55. The van der Waals surface area contributed by atoms with Crippen LogP contribution in [0.1, 0.15) is 66.4 Å². The summed E-state index contributed by atoms with van der Waals surface area (Å²) in [5.41, 5.74) is 7.90. The molecule has 0 spiro atoms. The maximum atomic E-state index is 13.9. The number of likely N-dealkylation sites (tertiary alicyclic amines) is 1. The number of hydrogen-bond donors (Lipinski definition) is 1. The molecule has 3 aromatic rings. The third-order valence-corrected chi connectivity index (χ3v) is 8.93. The van der Waals surface area contributed by atoms with E-state index in [1.54, 1.807) is 21.1 Å². The lowest BCUT2D eigenvalue weighted by molar-refractivity contribution is -0.143. The largest absolute Gasteiger partial charge is 0.350 e. The highest BCUT2D eigenvalue weighted by atomic mass is 32.1. The van der Waals surface area contributed by atoms with Gasteiger partial charge in [0.05, 0.1) is 16.1 Å². The fourth-order valence-electron chi connectivity index (χ4n) is 5.90. The van der Waals surface area contributed by atoms with Gasteiger partial charge in [-0.05, 0) is 66.5 Å². The van der Waals surface area contributed by atoms with Gasteiger partial charge in [-0.15, -0.1) is 11.3 Å². The number of rotatable bonds is 8. The summed E-state index contributed by atoms with van der Waals surface area (Å²) in [6.07, 6.45) is 2.25. The number of nitrogens with one attached hydrogen (secondary N) is 1. The number of aryl methyl sites for hydroxylation is 2. The highest BCUT2D eigenvalue weighted by Gasteiger charge is 2.43. The Morgan fingerprint density at radius 3 is 2.64 bits per heavy atom. The Morgan fingerprint density at radius 1 is 1.15 bits per heavy atom. The predicted molar refractivity (Wildman–Crippen MR) is 153 cm³/mol. The highest BCUT2D eigenvalue weighted by Crippen LogP contribution is 2.31. The molecule has 2 atom stereocenters. The Kier molecular flexibility index (Phi) is 7.84. The summed E-state index contributed by atoms with van der Waals surface area (Å²) in [7, 11) is 0. The van der Waals surface area contributed by atoms with Crippen molar-refractivity contribution in [2.24, 2.45) is 5.92 Å². The number of carbonyl (C=O) groups is 3. The molecule has 3 amide bonds. The molecule has 204 valence electrons. The van der Waals surface area contributed by atoms with Crippen molar-refractivity contribution in [1.29, 1.82) is 0 Å². The quantitative estimate of drug-likeness (QED) is 0.434. The summed E-state index contributed by atoms with van der Waals surface area (Å²) in [6, 6.07) is 12.8. The van der Waals surface area contributed by atoms with E-state index in [0.29, 0.717) is 31.6 Å². The van der Waals surface area contributed by atoms with E-state index >= 15 is 0 Å². The van der Waals surface area contributed by atoms with Crippen molar-refractivity contribution in [2.75, 3.05) is 6.54 Å². The molecule has 5 rings (SSSR count).